The minimum absolute atomic E-state index is 0.0945. The summed E-state index contributed by atoms with van der Waals surface area (Å²) in [5, 5.41) is 0.463. The van der Waals surface area contributed by atoms with Crippen LogP contribution in [-0.2, 0) is 10.3 Å². The first kappa shape index (κ1) is 16.1. The molecule has 2 aliphatic rings. The number of aromatic nitrogens is 1. The van der Waals surface area contributed by atoms with Gasteiger partial charge in [-0.1, -0.05) is 11.6 Å². The lowest BCUT2D eigenvalue weighted by Crippen LogP contribution is -2.41. The molecule has 1 aliphatic carbocycles. The molecule has 0 bridgehead atoms. The summed E-state index contributed by atoms with van der Waals surface area (Å²) in [7, 11) is 0. The molecule has 1 fully saturated rings. The van der Waals surface area contributed by atoms with E-state index in [1.807, 2.05) is 23.1 Å². The van der Waals surface area contributed by atoms with Gasteiger partial charge >= 0.3 is 0 Å². The van der Waals surface area contributed by atoms with Crippen LogP contribution in [0, 0.1) is 0 Å². The van der Waals surface area contributed by atoms with E-state index in [4.69, 9.17) is 16.3 Å². The summed E-state index contributed by atoms with van der Waals surface area (Å²) in [6, 6.07) is 5.74. The maximum atomic E-state index is 12.9. The van der Waals surface area contributed by atoms with Crippen LogP contribution in [0.2, 0.25) is 5.15 Å². The highest BCUT2D eigenvalue weighted by atomic mass is 35.5. The highest BCUT2D eigenvalue weighted by Gasteiger charge is 2.44. The van der Waals surface area contributed by atoms with Gasteiger partial charge in [0.25, 0.3) is 5.91 Å². The van der Waals surface area contributed by atoms with E-state index in [0.29, 0.717) is 24.4 Å². The average molecular weight is 363 g/mol. The third kappa shape index (κ3) is 2.75. The maximum absolute atomic E-state index is 12.9. The van der Waals surface area contributed by atoms with Crippen LogP contribution in [-0.4, -0.2) is 35.0 Å². The highest BCUT2D eigenvalue weighted by molar-refractivity contribution is 7.16. The predicted octanol–water partition coefficient (Wildman–Crippen LogP) is 4.33. The SMILES string of the molecule is CC1(C)c2sc(-c3ccnc(Cl)c3)cc2C(=O)N1CCOC1CC1. The van der Waals surface area contributed by atoms with Gasteiger partial charge in [-0.3, -0.25) is 4.79 Å². The summed E-state index contributed by atoms with van der Waals surface area (Å²) in [5.41, 5.74) is 1.50. The number of nitrogens with zero attached hydrogens (tertiary/aromatic N) is 2. The molecule has 126 valence electrons. The van der Waals surface area contributed by atoms with Gasteiger partial charge in [0.2, 0.25) is 0 Å². The molecule has 2 aromatic heterocycles. The Kier molecular flexibility index (Phi) is 3.90. The van der Waals surface area contributed by atoms with Crippen LogP contribution >= 0.6 is 22.9 Å². The van der Waals surface area contributed by atoms with Crippen molar-refractivity contribution in [3.63, 3.8) is 0 Å². The van der Waals surface area contributed by atoms with E-state index in [1.54, 1.807) is 17.5 Å². The normalized spacial score (nSPS) is 19.0. The molecular formula is C18H19ClN2O2S. The minimum Gasteiger partial charge on any atom is -0.376 e. The Morgan fingerprint density at radius 3 is 2.88 bits per heavy atom. The molecule has 1 amide bonds. The van der Waals surface area contributed by atoms with Gasteiger partial charge in [0, 0.05) is 22.5 Å². The zero-order chi connectivity index (χ0) is 16.9. The van der Waals surface area contributed by atoms with Gasteiger partial charge in [-0.2, -0.15) is 0 Å². The van der Waals surface area contributed by atoms with Gasteiger partial charge in [0.05, 0.1) is 23.8 Å². The topological polar surface area (TPSA) is 42.4 Å². The van der Waals surface area contributed by atoms with Crippen LogP contribution in [0.1, 0.15) is 41.9 Å². The number of amides is 1. The summed E-state index contributed by atoms with van der Waals surface area (Å²) in [5.74, 6) is 0.0945. The summed E-state index contributed by atoms with van der Waals surface area (Å²) < 4.78 is 5.73. The van der Waals surface area contributed by atoms with Crippen LogP contribution in [0.3, 0.4) is 0 Å². The van der Waals surface area contributed by atoms with Crippen molar-refractivity contribution in [3.05, 3.63) is 40.0 Å². The molecule has 1 saturated carbocycles. The molecule has 2 aromatic rings. The van der Waals surface area contributed by atoms with Crippen molar-refractivity contribution in [2.75, 3.05) is 13.2 Å². The fourth-order valence-corrected chi connectivity index (χ4v) is 4.58. The van der Waals surface area contributed by atoms with Crippen molar-refractivity contribution in [3.8, 4) is 10.4 Å². The van der Waals surface area contributed by atoms with E-state index in [2.05, 4.69) is 18.8 Å². The number of rotatable bonds is 5. The summed E-state index contributed by atoms with van der Waals surface area (Å²) in [6.07, 6.45) is 4.42. The Morgan fingerprint density at radius 1 is 1.42 bits per heavy atom. The zero-order valence-electron chi connectivity index (χ0n) is 13.7. The molecule has 1 aliphatic heterocycles. The van der Waals surface area contributed by atoms with Crippen LogP contribution in [0.15, 0.2) is 24.4 Å². The van der Waals surface area contributed by atoms with Gasteiger partial charge in [0.1, 0.15) is 5.15 Å². The van der Waals surface area contributed by atoms with Crippen LogP contribution in [0.5, 0.6) is 0 Å². The molecule has 24 heavy (non-hydrogen) atoms. The van der Waals surface area contributed by atoms with Gasteiger partial charge in [-0.15, -0.1) is 11.3 Å². The van der Waals surface area contributed by atoms with Crippen molar-refractivity contribution in [2.24, 2.45) is 0 Å². The van der Waals surface area contributed by atoms with Gasteiger partial charge in [-0.05, 0) is 50.5 Å². The molecule has 6 heteroatoms. The summed E-state index contributed by atoms with van der Waals surface area (Å²) >= 11 is 7.65. The largest absolute Gasteiger partial charge is 0.376 e. The second-order valence-corrected chi connectivity index (χ2v) is 8.25. The molecule has 0 saturated heterocycles. The Balaban J connectivity index is 1.59. The number of halogens is 1. The van der Waals surface area contributed by atoms with Crippen molar-refractivity contribution in [1.82, 2.24) is 9.88 Å². The zero-order valence-corrected chi connectivity index (χ0v) is 15.3. The second kappa shape index (κ2) is 5.83. The Hall–Kier alpha value is -1.43. The van der Waals surface area contributed by atoms with Crippen molar-refractivity contribution in [1.29, 1.82) is 0 Å². The highest BCUT2D eigenvalue weighted by Crippen LogP contribution is 2.46. The van der Waals surface area contributed by atoms with E-state index in [0.717, 1.165) is 33.7 Å². The first-order valence-electron chi connectivity index (χ1n) is 8.16. The Bertz CT molecular complexity index is 798. The smallest absolute Gasteiger partial charge is 0.255 e. The number of fused-ring (bicyclic) bond motifs is 1. The fourth-order valence-electron chi connectivity index (χ4n) is 3.15. The number of thiophene rings is 1. The van der Waals surface area contributed by atoms with Crippen molar-refractivity contribution < 1.29 is 9.53 Å². The molecule has 0 aromatic carbocycles. The van der Waals surface area contributed by atoms with E-state index in [9.17, 15) is 4.79 Å². The quantitative estimate of drug-likeness (QED) is 0.743. The molecule has 0 spiro atoms. The van der Waals surface area contributed by atoms with E-state index in [-0.39, 0.29) is 11.4 Å². The average Bonchev–Trinajstić information content (AvgIpc) is 3.21. The van der Waals surface area contributed by atoms with Gasteiger partial charge < -0.3 is 9.64 Å². The molecule has 0 atom stereocenters. The van der Waals surface area contributed by atoms with Gasteiger partial charge in [-0.25, -0.2) is 4.98 Å². The molecular weight excluding hydrogens is 344 g/mol. The predicted molar refractivity (Wildman–Crippen MR) is 95.6 cm³/mol. The number of hydrogen-bond acceptors (Lipinski definition) is 4. The number of hydrogen-bond donors (Lipinski definition) is 0. The monoisotopic (exact) mass is 362 g/mol. The Labute approximate surface area is 150 Å². The molecule has 4 nitrogen and oxygen atoms in total. The molecule has 0 unspecified atom stereocenters. The number of carbonyl (C=O) groups is 1. The fraction of sp³-hybridized carbons (Fsp3) is 0.444. The summed E-state index contributed by atoms with van der Waals surface area (Å²) in [6.45, 7) is 5.46. The third-order valence-electron chi connectivity index (χ3n) is 4.64. The third-order valence-corrected chi connectivity index (χ3v) is 6.35. The molecule has 0 radical (unpaired) electrons. The first-order valence-corrected chi connectivity index (χ1v) is 9.36. The van der Waals surface area contributed by atoms with Crippen LogP contribution in [0.25, 0.3) is 10.4 Å². The first-order chi connectivity index (χ1) is 11.5. The van der Waals surface area contributed by atoms with Crippen molar-refractivity contribution >= 4 is 28.8 Å². The number of ether oxygens (including phenoxy) is 1. The van der Waals surface area contributed by atoms with E-state index in [1.165, 1.54) is 0 Å². The second-order valence-electron chi connectivity index (χ2n) is 6.81. The number of carbonyl (C=O) groups excluding carboxylic acids is 1. The van der Waals surface area contributed by atoms with E-state index >= 15 is 0 Å². The van der Waals surface area contributed by atoms with Crippen LogP contribution in [0.4, 0.5) is 0 Å². The van der Waals surface area contributed by atoms with E-state index < -0.39 is 0 Å². The minimum atomic E-state index is -0.306. The summed E-state index contributed by atoms with van der Waals surface area (Å²) in [4.78, 5) is 21.0. The van der Waals surface area contributed by atoms with Crippen LogP contribution < -0.4 is 0 Å². The molecule has 0 N–H and O–H groups in total. The molecule has 3 heterocycles. The standard InChI is InChI=1S/C18H19ClN2O2S/c1-18(2)16-13(17(22)21(18)7-8-23-12-3-4-12)10-14(24-16)11-5-6-20-15(19)9-11/h5-6,9-10,12H,3-4,7-8H2,1-2H3. The maximum Gasteiger partial charge on any atom is 0.255 e. The van der Waals surface area contributed by atoms with Crippen molar-refractivity contribution in [2.45, 2.75) is 38.3 Å². The lowest BCUT2D eigenvalue weighted by Gasteiger charge is -2.32. The number of pyridine rings is 1. The lowest BCUT2D eigenvalue weighted by atomic mass is 10.0. The molecule has 4 rings (SSSR count). The van der Waals surface area contributed by atoms with Gasteiger partial charge in [0.15, 0.2) is 0 Å². The Morgan fingerprint density at radius 2 is 2.21 bits per heavy atom. The lowest BCUT2D eigenvalue weighted by molar-refractivity contribution is 0.0429.